The minimum absolute atomic E-state index is 0.0335. The van der Waals surface area contributed by atoms with Crippen molar-refractivity contribution in [1.82, 2.24) is 0 Å². The number of rotatable bonds is 12. The molecule has 1 rings (SSSR count). The molecule has 1 aliphatic heterocycles. The zero-order chi connectivity index (χ0) is 20.4. The van der Waals surface area contributed by atoms with Crippen molar-refractivity contribution in [3.63, 3.8) is 0 Å². The zero-order valence-corrected chi connectivity index (χ0v) is 18.7. The standard InChI is InChI=1S/C24H44O3/c1-8-9-15-26-24(6,7)17-18(2)11-10-12-19(3)23-20(4)13-14-22(27-23)16-21(5)25/h12,18,20,22-23,25H,5,8-11,13-17H2,1-4,6-7H3/b19-12+/t18-,20+,22-,23-/m1/s1. The minimum Gasteiger partial charge on any atom is -0.513 e. The largest absolute Gasteiger partial charge is 0.513 e. The molecule has 0 aromatic carbocycles. The molecule has 1 aliphatic rings. The number of aliphatic hydroxyl groups excluding tert-OH is 1. The minimum atomic E-state index is -0.0335. The van der Waals surface area contributed by atoms with E-state index in [2.05, 4.69) is 54.2 Å². The summed E-state index contributed by atoms with van der Waals surface area (Å²) in [5.41, 5.74) is 1.30. The summed E-state index contributed by atoms with van der Waals surface area (Å²) >= 11 is 0. The summed E-state index contributed by atoms with van der Waals surface area (Å²) in [5, 5.41) is 9.46. The quantitative estimate of drug-likeness (QED) is 0.225. The topological polar surface area (TPSA) is 38.7 Å². The molecule has 3 heteroatoms. The Hall–Kier alpha value is -0.800. The molecule has 1 fully saturated rings. The van der Waals surface area contributed by atoms with E-state index in [0.717, 1.165) is 38.7 Å². The molecule has 0 aliphatic carbocycles. The lowest BCUT2D eigenvalue weighted by molar-refractivity contribution is -0.0618. The maximum Gasteiger partial charge on any atom is 0.0876 e. The van der Waals surface area contributed by atoms with Crippen LogP contribution in [0, 0.1) is 11.8 Å². The van der Waals surface area contributed by atoms with Gasteiger partial charge in [0.15, 0.2) is 0 Å². The van der Waals surface area contributed by atoms with E-state index in [4.69, 9.17) is 9.47 Å². The summed E-state index contributed by atoms with van der Waals surface area (Å²) in [4.78, 5) is 0. The fourth-order valence-electron chi connectivity index (χ4n) is 4.18. The number of hydrogen-bond acceptors (Lipinski definition) is 3. The highest BCUT2D eigenvalue weighted by molar-refractivity contribution is 5.08. The van der Waals surface area contributed by atoms with Crippen molar-refractivity contribution in [2.45, 2.75) is 111 Å². The van der Waals surface area contributed by atoms with Crippen LogP contribution in [-0.2, 0) is 9.47 Å². The molecule has 0 radical (unpaired) electrons. The van der Waals surface area contributed by atoms with Gasteiger partial charge in [-0.2, -0.15) is 0 Å². The monoisotopic (exact) mass is 380 g/mol. The van der Waals surface area contributed by atoms with Crippen LogP contribution in [0.4, 0.5) is 0 Å². The zero-order valence-electron chi connectivity index (χ0n) is 18.7. The maximum atomic E-state index is 9.46. The molecule has 1 saturated heterocycles. The fraction of sp³-hybridized carbons (Fsp3) is 0.833. The Bertz CT molecular complexity index is 466. The van der Waals surface area contributed by atoms with Crippen LogP contribution in [0.1, 0.15) is 92.9 Å². The molecule has 0 saturated carbocycles. The van der Waals surface area contributed by atoms with Crippen LogP contribution in [-0.4, -0.2) is 29.5 Å². The van der Waals surface area contributed by atoms with Gasteiger partial charge < -0.3 is 14.6 Å². The van der Waals surface area contributed by atoms with Gasteiger partial charge in [0.1, 0.15) is 0 Å². The molecule has 0 bridgehead atoms. The van der Waals surface area contributed by atoms with E-state index in [1.165, 1.54) is 18.4 Å². The predicted octanol–water partition coefficient (Wildman–Crippen LogP) is 6.98. The smallest absolute Gasteiger partial charge is 0.0876 e. The summed E-state index contributed by atoms with van der Waals surface area (Å²) in [5.74, 6) is 1.40. The normalized spacial score (nSPS) is 25.4. The Morgan fingerprint density at radius 1 is 1.37 bits per heavy atom. The summed E-state index contributed by atoms with van der Waals surface area (Å²) in [6.45, 7) is 17.9. The lowest BCUT2D eigenvalue weighted by Crippen LogP contribution is -2.34. The third kappa shape index (κ3) is 9.80. The van der Waals surface area contributed by atoms with Crippen molar-refractivity contribution in [3.8, 4) is 0 Å². The molecule has 0 unspecified atom stereocenters. The molecule has 0 aromatic heterocycles. The molecule has 158 valence electrons. The second-order valence-electron chi connectivity index (χ2n) is 9.30. The Morgan fingerprint density at radius 2 is 2.07 bits per heavy atom. The van der Waals surface area contributed by atoms with Gasteiger partial charge >= 0.3 is 0 Å². The van der Waals surface area contributed by atoms with Gasteiger partial charge in [-0.1, -0.05) is 39.8 Å². The number of allylic oxidation sites excluding steroid dienone is 1. The maximum absolute atomic E-state index is 9.46. The van der Waals surface area contributed by atoms with Crippen molar-refractivity contribution >= 4 is 0 Å². The van der Waals surface area contributed by atoms with Gasteiger partial charge in [0.05, 0.1) is 23.6 Å². The van der Waals surface area contributed by atoms with Gasteiger partial charge in [0, 0.05) is 13.0 Å². The highest BCUT2D eigenvalue weighted by Gasteiger charge is 2.29. The molecule has 0 spiro atoms. The predicted molar refractivity (Wildman–Crippen MR) is 115 cm³/mol. The van der Waals surface area contributed by atoms with Crippen molar-refractivity contribution in [2.75, 3.05) is 6.61 Å². The number of aliphatic hydroxyl groups is 1. The van der Waals surface area contributed by atoms with E-state index in [1.54, 1.807) is 0 Å². The SMILES string of the molecule is C=C(O)C[C@H]1CC[C@H](C)[C@@H](/C(C)=C/CC[C@@H](C)CC(C)(C)OCCCC)O1. The van der Waals surface area contributed by atoms with Crippen molar-refractivity contribution in [3.05, 3.63) is 24.0 Å². The van der Waals surface area contributed by atoms with E-state index in [-0.39, 0.29) is 23.6 Å². The van der Waals surface area contributed by atoms with Crippen LogP contribution in [0.3, 0.4) is 0 Å². The third-order valence-electron chi connectivity index (χ3n) is 5.67. The third-order valence-corrected chi connectivity index (χ3v) is 5.67. The van der Waals surface area contributed by atoms with Gasteiger partial charge in [-0.3, -0.25) is 0 Å². The Balaban J connectivity index is 2.44. The number of hydrogen-bond donors (Lipinski definition) is 1. The van der Waals surface area contributed by atoms with Crippen LogP contribution in [0.15, 0.2) is 24.0 Å². The van der Waals surface area contributed by atoms with E-state index in [0.29, 0.717) is 18.3 Å². The van der Waals surface area contributed by atoms with E-state index >= 15 is 0 Å². The van der Waals surface area contributed by atoms with Crippen LogP contribution >= 0.6 is 0 Å². The highest BCUT2D eigenvalue weighted by Crippen LogP contribution is 2.32. The van der Waals surface area contributed by atoms with Crippen molar-refractivity contribution < 1.29 is 14.6 Å². The summed E-state index contributed by atoms with van der Waals surface area (Å²) in [7, 11) is 0. The van der Waals surface area contributed by atoms with Crippen LogP contribution < -0.4 is 0 Å². The lowest BCUT2D eigenvalue weighted by atomic mass is 9.87. The van der Waals surface area contributed by atoms with Crippen molar-refractivity contribution in [1.29, 1.82) is 0 Å². The number of ether oxygens (including phenoxy) is 2. The number of unbranched alkanes of at least 4 members (excludes halogenated alkanes) is 1. The Morgan fingerprint density at radius 3 is 2.70 bits per heavy atom. The molecular formula is C24H44O3. The second-order valence-corrected chi connectivity index (χ2v) is 9.30. The summed E-state index contributed by atoms with van der Waals surface area (Å²) in [6, 6.07) is 0. The Kier molecular flexibility index (Phi) is 10.7. The molecular weight excluding hydrogens is 336 g/mol. The van der Waals surface area contributed by atoms with Crippen LogP contribution in [0.5, 0.6) is 0 Å². The first-order chi connectivity index (χ1) is 12.6. The lowest BCUT2D eigenvalue weighted by Gasteiger charge is -2.35. The van der Waals surface area contributed by atoms with Gasteiger partial charge in [-0.05, 0) is 76.7 Å². The van der Waals surface area contributed by atoms with Crippen LogP contribution in [0.25, 0.3) is 0 Å². The van der Waals surface area contributed by atoms with Gasteiger partial charge in [0.25, 0.3) is 0 Å². The molecule has 4 atom stereocenters. The molecule has 1 N–H and O–H groups in total. The van der Waals surface area contributed by atoms with E-state index in [1.807, 2.05) is 0 Å². The first-order valence-electron chi connectivity index (χ1n) is 11.0. The first-order valence-corrected chi connectivity index (χ1v) is 11.0. The molecule has 1 heterocycles. The first kappa shape index (κ1) is 24.2. The molecule has 0 aromatic rings. The summed E-state index contributed by atoms with van der Waals surface area (Å²) < 4.78 is 12.3. The Labute approximate surface area is 168 Å². The average Bonchev–Trinajstić information content (AvgIpc) is 2.55. The fourth-order valence-corrected chi connectivity index (χ4v) is 4.18. The average molecular weight is 381 g/mol. The second kappa shape index (κ2) is 11.9. The van der Waals surface area contributed by atoms with Gasteiger partial charge in [0.2, 0.25) is 0 Å². The molecule has 0 amide bonds. The van der Waals surface area contributed by atoms with E-state index < -0.39 is 0 Å². The van der Waals surface area contributed by atoms with E-state index in [9.17, 15) is 5.11 Å². The van der Waals surface area contributed by atoms with Gasteiger partial charge in [-0.15, -0.1) is 0 Å². The molecule has 27 heavy (non-hydrogen) atoms. The van der Waals surface area contributed by atoms with Gasteiger partial charge in [-0.25, -0.2) is 0 Å². The summed E-state index contributed by atoms with van der Waals surface area (Å²) in [6.07, 6.45) is 11.0. The highest BCUT2D eigenvalue weighted by atomic mass is 16.5. The molecule has 3 nitrogen and oxygen atoms in total. The van der Waals surface area contributed by atoms with Crippen molar-refractivity contribution in [2.24, 2.45) is 11.8 Å². The van der Waals surface area contributed by atoms with Crippen LogP contribution in [0.2, 0.25) is 0 Å².